The van der Waals surface area contributed by atoms with Crippen LogP contribution in [-0.4, -0.2) is 33.4 Å². The van der Waals surface area contributed by atoms with Gasteiger partial charge in [-0.05, 0) is 24.6 Å². The third kappa shape index (κ3) is 5.40. The summed E-state index contributed by atoms with van der Waals surface area (Å²) >= 11 is 0. The molecule has 0 fully saturated rings. The van der Waals surface area contributed by atoms with Gasteiger partial charge in [-0.2, -0.15) is 0 Å². The molecule has 0 spiro atoms. The van der Waals surface area contributed by atoms with Crippen LogP contribution in [0.5, 0.6) is 0 Å². The van der Waals surface area contributed by atoms with Crippen LogP contribution in [0.3, 0.4) is 0 Å². The van der Waals surface area contributed by atoms with Gasteiger partial charge in [0.25, 0.3) is 0 Å². The van der Waals surface area contributed by atoms with E-state index in [2.05, 4.69) is 41.8 Å². The van der Waals surface area contributed by atoms with Crippen molar-refractivity contribution in [2.75, 3.05) is 38.7 Å². The van der Waals surface area contributed by atoms with Crippen LogP contribution >= 0.6 is 0 Å². The third-order valence-electron chi connectivity index (χ3n) is 2.13. The maximum absolute atomic E-state index is 4.94. The molecule has 0 radical (unpaired) electrons. The molecule has 0 saturated carbocycles. The predicted octanol–water partition coefficient (Wildman–Crippen LogP) is 1.64. The summed E-state index contributed by atoms with van der Waals surface area (Å²) in [5.74, 6) is 0. The Morgan fingerprint density at radius 2 is 2.07 bits per heavy atom. The Morgan fingerprint density at radius 3 is 2.80 bits per heavy atom. The van der Waals surface area contributed by atoms with E-state index in [0.717, 1.165) is 26.2 Å². The summed E-state index contributed by atoms with van der Waals surface area (Å²) in [5.41, 5.74) is 2.47. The Balaban J connectivity index is 2.10. The van der Waals surface area contributed by atoms with Gasteiger partial charge in [0, 0.05) is 32.4 Å². The Labute approximate surface area is 91.8 Å². The van der Waals surface area contributed by atoms with E-state index in [1.807, 2.05) is 0 Å². The molecule has 15 heavy (non-hydrogen) atoms. The Hall–Kier alpha value is -1.06. The van der Waals surface area contributed by atoms with Crippen molar-refractivity contribution in [3.8, 4) is 0 Å². The summed E-state index contributed by atoms with van der Waals surface area (Å²) in [7, 11) is 1.71. The smallest absolute Gasteiger partial charge is 0.0587 e. The van der Waals surface area contributed by atoms with Crippen LogP contribution in [0.2, 0.25) is 0 Å². The number of hydrogen-bond acceptors (Lipinski definition) is 3. The van der Waals surface area contributed by atoms with E-state index in [-0.39, 0.29) is 0 Å². The number of benzene rings is 1. The van der Waals surface area contributed by atoms with Crippen molar-refractivity contribution < 1.29 is 4.74 Å². The highest BCUT2D eigenvalue weighted by atomic mass is 16.5. The fraction of sp³-hybridized carbons (Fsp3) is 0.500. The van der Waals surface area contributed by atoms with Gasteiger partial charge in [0.05, 0.1) is 6.61 Å². The Bertz CT molecular complexity index is 276. The number of rotatable bonds is 7. The third-order valence-corrected chi connectivity index (χ3v) is 2.13. The molecule has 0 saturated heterocycles. The number of nitrogens with one attached hydrogen (secondary N) is 2. The number of ether oxygens (including phenoxy) is 1. The minimum atomic E-state index is 0.768. The first-order valence-corrected chi connectivity index (χ1v) is 5.33. The summed E-state index contributed by atoms with van der Waals surface area (Å²) < 4.78 is 4.94. The lowest BCUT2D eigenvalue weighted by atomic mass is 10.2. The normalized spacial score (nSPS) is 10.3. The van der Waals surface area contributed by atoms with E-state index in [9.17, 15) is 0 Å². The van der Waals surface area contributed by atoms with E-state index < -0.39 is 0 Å². The molecule has 0 atom stereocenters. The molecule has 3 nitrogen and oxygen atoms in total. The second kappa shape index (κ2) is 7.26. The van der Waals surface area contributed by atoms with Crippen molar-refractivity contribution in [1.82, 2.24) is 5.32 Å². The van der Waals surface area contributed by atoms with Gasteiger partial charge in [0.2, 0.25) is 0 Å². The molecule has 0 aliphatic carbocycles. The van der Waals surface area contributed by atoms with Crippen LogP contribution in [0, 0.1) is 6.92 Å². The highest BCUT2D eigenvalue weighted by Gasteiger charge is 1.91. The topological polar surface area (TPSA) is 33.3 Å². The van der Waals surface area contributed by atoms with Crippen LogP contribution in [-0.2, 0) is 4.74 Å². The van der Waals surface area contributed by atoms with Crippen LogP contribution in [0.4, 0.5) is 5.69 Å². The standard InChI is InChI=1S/C12H20N2O/c1-11-4-3-5-12(10-11)14-7-6-13-8-9-15-2/h3-5,10,13-14H,6-9H2,1-2H3. The molecule has 0 aliphatic heterocycles. The van der Waals surface area contributed by atoms with Gasteiger partial charge in [-0.3, -0.25) is 0 Å². The van der Waals surface area contributed by atoms with Crippen LogP contribution in [0.15, 0.2) is 24.3 Å². The maximum Gasteiger partial charge on any atom is 0.0587 e. The molecule has 0 heterocycles. The van der Waals surface area contributed by atoms with Crippen molar-refractivity contribution in [2.45, 2.75) is 6.92 Å². The number of hydrogen-bond donors (Lipinski definition) is 2. The second-order valence-corrected chi connectivity index (χ2v) is 3.54. The van der Waals surface area contributed by atoms with Gasteiger partial charge in [0.1, 0.15) is 0 Å². The van der Waals surface area contributed by atoms with Crippen molar-refractivity contribution in [2.24, 2.45) is 0 Å². The van der Waals surface area contributed by atoms with Crippen molar-refractivity contribution >= 4 is 5.69 Å². The zero-order valence-electron chi connectivity index (χ0n) is 9.55. The predicted molar refractivity (Wildman–Crippen MR) is 64.4 cm³/mol. The molecule has 0 unspecified atom stereocenters. The van der Waals surface area contributed by atoms with Gasteiger partial charge >= 0.3 is 0 Å². The van der Waals surface area contributed by atoms with Gasteiger partial charge in [-0.15, -0.1) is 0 Å². The molecule has 0 bridgehead atoms. The first-order chi connectivity index (χ1) is 7.33. The molecule has 2 N–H and O–H groups in total. The average molecular weight is 208 g/mol. The van der Waals surface area contributed by atoms with Crippen molar-refractivity contribution in [3.63, 3.8) is 0 Å². The van der Waals surface area contributed by atoms with Crippen molar-refractivity contribution in [3.05, 3.63) is 29.8 Å². The average Bonchev–Trinajstić information content (AvgIpc) is 2.23. The zero-order valence-corrected chi connectivity index (χ0v) is 9.55. The molecule has 0 aromatic heterocycles. The Morgan fingerprint density at radius 1 is 1.20 bits per heavy atom. The molecule has 3 heteroatoms. The lowest BCUT2D eigenvalue weighted by Gasteiger charge is -2.07. The lowest BCUT2D eigenvalue weighted by molar-refractivity contribution is 0.200. The lowest BCUT2D eigenvalue weighted by Crippen LogP contribution is -2.25. The van der Waals surface area contributed by atoms with Crippen LogP contribution in [0.1, 0.15) is 5.56 Å². The summed E-state index contributed by atoms with van der Waals surface area (Å²) in [6, 6.07) is 8.40. The van der Waals surface area contributed by atoms with E-state index in [4.69, 9.17) is 4.74 Å². The molecule has 1 rings (SSSR count). The van der Waals surface area contributed by atoms with Crippen molar-refractivity contribution in [1.29, 1.82) is 0 Å². The monoisotopic (exact) mass is 208 g/mol. The first-order valence-electron chi connectivity index (χ1n) is 5.33. The molecular formula is C12H20N2O. The zero-order chi connectivity index (χ0) is 10.9. The van der Waals surface area contributed by atoms with Crippen LogP contribution in [0.25, 0.3) is 0 Å². The Kier molecular flexibility index (Phi) is 5.81. The van der Waals surface area contributed by atoms with Gasteiger partial charge in [0.15, 0.2) is 0 Å². The summed E-state index contributed by atoms with van der Waals surface area (Å²) in [6.45, 7) is 5.67. The highest BCUT2D eigenvalue weighted by molar-refractivity contribution is 5.45. The van der Waals surface area contributed by atoms with Gasteiger partial charge < -0.3 is 15.4 Å². The maximum atomic E-state index is 4.94. The molecular weight excluding hydrogens is 188 g/mol. The number of anilines is 1. The summed E-state index contributed by atoms with van der Waals surface area (Å²) in [5, 5.41) is 6.64. The second-order valence-electron chi connectivity index (χ2n) is 3.54. The fourth-order valence-electron chi connectivity index (χ4n) is 1.35. The molecule has 1 aromatic carbocycles. The number of methoxy groups -OCH3 is 1. The molecule has 1 aromatic rings. The quantitative estimate of drug-likeness (QED) is 0.668. The molecule has 0 amide bonds. The van der Waals surface area contributed by atoms with E-state index >= 15 is 0 Å². The van der Waals surface area contributed by atoms with E-state index in [1.54, 1.807) is 7.11 Å². The van der Waals surface area contributed by atoms with Gasteiger partial charge in [-0.25, -0.2) is 0 Å². The molecule has 0 aliphatic rings. The fourth-order valence-corrected chi connectivity index (χ4v) is 1.35. The first kappa shape index (κ1) is 12.0. The minimum absolute atomic E-state index is 0.768. The highest BCUT2D eigenvalue weighted by Crippen LogP contribution is 2.08. The van der Waals surface area contributed by atoms with Crippen LogP contribution < -0.4 is 10.6 Å². The molecule has 84 valence electrons. The minimum Gasteiger partial charge on any atom is -0.384 e. The van der Waals surface area contributed by atoms with E-state index in [0.29, 0.717) is 0 Å². The SMILES string of the molecule is COCCNCCNc1cccc(C)c1. The largest absolute Gasteiger partial charge is 0.384 e. The summed E-state index contributed by atoms with van der Waals surface area (Å²) in [4.78, 5) is 0. The van der Waals surface area contributed by atoms with E-state index in [1.165, 1.54) is 11.3 Å². The number of aryl methyl sites for hydroxylation is 1. The summed E-state index contributed by atoms with van der Waals surface area (Å²) in [6.07, 6.45) is 0. The van der Waals surface area contributed by atoms with Gasteiger partial charge in [-0.1, -0.05) is 12.1 Å².